The van der Waals surface area contributed by atoms with E-state index in [0.717, 1.165) is 27.1 Å². The summed E-state index contributed by atoms with van der Waals surface area (Å²) >= 11 is 7.78. The molecule has 0 radical (unpaired) electrons. The molecular weight excluding hydrogens is 402 g/mol. The van der Waals surface area contributed by atoms with Crippen molar-refractivity contribution < 1.29 is 13.2 Å². The van der Waals surface area contributed by atoms with Crippen molar-refractivity contribution in [1.82, 2.24) is 0 Å². The van der Waals surface area contributed by atoms with Crippen LogP contribution >= 0.6 is 22.9 Å². The minimum absolute atomic E-state index is 0.0342. The number of sulfonamides is 1. The fourth-order valence-electron chi connectivity index (χ4n) is 2.93. The molecule has 4 nitrogen and oxygen atoms in total. The number of hydrogen-bond donors (Lipinski definition) is 1. The first-order valence-corrected chi connectivity index (χ1v) is 11.0. The Morgan fingerprint density at radius 2 is 1.74 bits per heavy atom. The first kappa shape index (κ1) is 19.8. The van der Waals surface area contributed by atoms with Gasteiger partial charge in [0.25, 0.3) is 0 Å². The number of carbonyl (C=O) groups excluding carboxylic acids is 1. The highest BCUT2D eigenvalue weighted by Crippen LogP contribution is 2.44. The van der Waals surface area contributed by atoms with Gasteiger partial charge in [0.1, 0.15) is 0 Å². The number of benzene rings is 2. The SMILES string of the molecule is CCC(=O)c1sc(-c2ccccc2Cl)c(C)c1-c1ccc(S(N)(=O)=O)cc1. The number of halogens is 1. The third kappa shape index (κ3) is 3.84. The lowest BCUT2D eigenvalue weighted by molar-refractivity contribution is 0.0992. The number of ketones is 1. The summed E-state index contributed by atoms with van der Waals surface area (Å²) in [6.07, 6.45) is 0.379. The summed E-state index contributed by atoms with van der Waals surface area (Å²) in [6, 6.07) is 13.8. The molecule has 2 aromatic carbocycles. The van der Waals surface area contributed by atoms with Gasteiger partial charge in [0.05, 0.1) is 9.77 Å². The molecule has 0 spiro atoms. The minimum Gasteiger partial charge on any atom is -0.293 e. The Morgan fingerprint density at radius 1 is 1.11 bits per heavy atom. The third-order valence-corrected chi connectivity index (χ3v) is 6.94. The molecular formula is C20H18ClNO3S2. The maximum Gasteiger partial charge on any atom is 0.238 e. The molecule has 27 heavy (non-hydrogen) atoms. The summed E-state index contributed by atoms with van der Waals surface area (Å²) in [5, 5.41) is 5.80. The summed E-state index contributed by atoms with van der Waals surface area (Å²) in [7, 11) is -3.77. The van der Waals surface area contributed by atoms with Crippen molar-refractivity contribution in [2.75, 3.05) is 0 Å². The molecule has 3 rings (SSSR count). The van der Waals surface area contributed by atoms with Crippen molar-refractivity contribution in [1.29, 1.82) is 0 Å². The van der Waals surface area contributed by atoms with Crippen molar-refractivity contribution in [2.45, 2.75) is 25.2 Å². The number of nitrogens with two attached hydrogens (primary N) is 1. The fraction of sp³-hybridized carbons (Fsp3) is 0.150. The van der Waals surface area contributed by atoms with Crippen LogP contribution in [-0.4, -0.2) is 14.2 Å². The van der Waals surface area contributed by atoms with E-state index in [4.69, 9.17) is 16.7 Å². The molecule has 140 valence electrons. The maximum absolute atomic E-state index is 12.6. The summed E-state index contributed by atoms with van der Waals surface area (Å²) in [5.74, 6) is 0.0342. The van der Waals surface area contributed by atoms with Gasteiger partial charge in [0, 0.05) is 27.4 Å². The Balaban J connectivity index is 2.23. The number of carbonyl (C=O) groups is 1. The monoisotopic (exact) mass is 419 g/mol. The lowest BCUT2D eigenvalue weighted by Gasteiger charge is -2.07. The highest BCUT2D eigenvalue weighted by atomic mass is 35.5. The van der Waals surface area contributed by atoms with E-state index in [0.29, 0.717) is 16.3 Å². The fourth-order valence-corrected chi connectivity index (χ4v) is 5.11. The average molecular weight is 420 g/mol. The molecule has 0 bridgehead atoms. The highest BCUT2D eigenvalue weighted by molar-refractivity contribution is 7.89. The Labute approximate surface area is 167 Å². The van der Waals surface area contributed by atoms with Crippen LogP contribution in [0.2, 0.25) is 5.02 Å². The quantitative estimate of drug-likeness (QED) is 0.571. The molecule has 0 aliphatic heterocycles. The van der Waals surface area contributed by atoms with Gasteiger partial charge < -0.3 is 0 Å². The molecule has 3 aromatic rings. The van der Waals surface area contributed by atoms with Crippen LogP contribution in [0.4, 0.5) is 0 Å². The van der Waals surface area contributed by atoms with E-state index in [-0.39, 0.29) is 10.7 Å². The van der Waals surface area contributed by atoms with Crippen LogP contribution in [-0.2, 0) is 10.0 Å². The Kier molecular flexibility index (Phi) is 5.53. The van der Waals surface area contributed by atoms with E-state index in [1.807, 2.05) is 38.1 Å². The molecule has 0 atom stereocenters. The zero-order chi connectivity index (χ0) is 19.8. The van der Waals surface area contributed by atoms with Crippen molar-refractivity contribution in [3.8, 4) is 21.6 Å². The van der Waals surface area contributed by atoms with E-state index in [2.05, 4.69) is 0 Å². The summed E-state index contributed by atoms with van der Waals surface area (Å²) in [5.41, 5.74) is 3.39. The van der Waals surface area contributed by atoms with E-state index < -0.39 is 10.0 Å². The van der Waals surface area contributed by atoms with Crippen LogP contribution in [0.3, 0.4) is 0 Å². The molecule has 0 unspecified atom stereocenters. The molecule has 0 saturated carbocycles. The minimum atomic E-state index is -3.77. The lowest BCUT2D eigenvalue weighted by atomic mass is 9.97. The van der Waals surface area contributed by atoms with Gasteiger partial charge in [-0.25, -0.2) is 13.6 Å². The van der Waals surface area contributed by atoms with Crippen LogP contribution in [0.25, 0.3) is 21.6 Å². The summed E-state index contributed by atoms with van der Waals surface area (Å²) in [4.78, 5) is 14.2. The average Bonchev–Trinajstić information content (AvgIpc) is 2.98. The van der Waals surface area contributed by atoms with Crippen LogP contribution in [0.15, 0.2) is 53.4 Å². The zero-order valence-corrected chi connectivity index (χ0v) is 17.2. The molecule has 7 heteroatoms. The van der Waals surface area contributed by atoms with Crippen molar-refractivity contribution in [2.24, 2.45) is 5.14 Å². The standard InChI is InChI=1S/C20H18ClNO3S2/c1-3-17(23)20-18(13-8-10-14(11-9-13)27(22,24)25)12(2)19(26-20)15-6-4-5-7-16(15)21/h4-11H,3H2,1-2H3,(H2,22,24,25). The molecule has 1 aromatic heterocycles. The molecule has 0 fully saturated rings. The number of Topliss-reactive ketones (excluding diaryl/α,β-unsaturated/α-hetero) is 1. The molecule has 0 aliphatic rings. The molecule has 0 aliphatic carbocycles. The molecule has 0 saturated heterocycles. The first-order valence-electron chi connectivity index (χ1n) is 8.28. The van der Waals surface area contributed by atoms with E-state index in [9.17, 15) is 13.2 Å². The van der Waals surface area contributed by atoms with Crippen LogP contribution < -0.4 is 5.14 Å². The number of hydrogen-bond acceptors (Lipinski definition) is 4. The van der Waals surface area contributed by atoms with Crippen LogP contribution in [0.5, 0.6) is 0 Å². The highest BCUT2D eigenvalue weighted by Gasteiger charge is 2.22. The van der Waals surface area contributed by atoms with Crippen molar-refractivity contribution in [3.05, 3.63) is 64.0 Å². The normalized spacial score (nSPS) is 11.6. The third-order valence-electron chi connectivity index (χ3n) is 4.31. The second-order valence-electron chi connectivity index (χ2n) is 6.09. The predicted molar refractivity (Wildman–Crippen MR) is 111 cm³/mol. The lowest BCUT2D eigenvalue weighted by Crippen LogP contribution is -2.11. The second-order valence-corrected chi connectivity index (χ2v) is 9.08. The van der Waals surface area contributed by atoms with Gasteiger partial charge in [-0.2, -0.15) is 0 Å². The summed E-state index contributed by atoms with van der Waals surface area (Å²) < 4.78 is 23.0. The largest absolute Gasteiger partial charge is 0.293 e. The molecule has 2 N–H and O–H groups in total. The Hall–Kier alpha value is -1.99. The maximum atomic E-state index is 12.6. The number of primary sulfonamides is 1. The van der Waals surface area contributed by atoms with Gasteiger partial charge in [0.2, 0.25) is 10.0 Å². The second kappa shape index (κ2) is 7.56. The topological polar surface area (TPSA) is 77.2 Å². The van der Waals surface area contributed by atoms with Gasteiger partial charge in [-0.15, -0.1) is 11.3 Å². The van der Waals surface area contributed by atoms with Crippen molar-refractivity contribution in [3.63, 3.8) is 0 Å². The predicted octanol–water partition coefficient (Wildman–Crippen LogP) is 5.28. The van der Waals surface area contributed by atoms with Gasteiger partial charge in [0.15, 0.2) is 5.78 Å². The Bertz CT molecular complexity index is 1120. The Morgan fingerprint density at radius 3 is 2.30 bits per heavy atom. The zero-order valence-electron chi connectivity index (χ0n) is 14.8. The number of thiophene rings is 1. The first-order chi connectivity index (χ1) is 12.7. The van der Waals surface area contributed by atoms with E-state index >= 15 is 0 Å². The van der Waals surface area contributed by atoms with Gasteiger partial charge in [-0.1, -0.05) is 48.9 Å². The molecule has 1 heterocycles. The smallest absolute Gasteiger partial charge is 0.238 e. The van der Waals surface area contributed by atoms with Crippen LogP contribution in [0, 0.1) is 6.92 Å². The van der Waals surface area contributed by atoms with Gasteiger partial charge in [-0.05, 0) is 36.2 Å². The van der Waals surface area contributed by atoms with E-state index in [1.54, 1.807) is 12.1 Å². The van der Waals surface area contributed by atoms with E-state index in [1.165, 1.54) is 23.5 Å². The van der Waals surface area contributed by atoms with Gasteiger partial charge >= 0.3 is 0 Å². The number of rotatable bonds is 5. The molecule has 0 amide bonds. The summed E-state index contributed by atoms with van der Waals surface area (Å²) in [6.45, 7) is 3.77. The van der Waals surface area contributed by atoms with Crippen molar-refractivity contribution >= 4 is 38.7 Å². The van der Waals surface area contributed by atoms with Crippen LogP contribution in [0.1, 0.15) is 28.6 Å². The van der Waals surface area contributed by atoms with Gasteiger partial charge in [-0.3, -0.25) is 4.79 Å².